The highest BCUT2D eigenvalue weighted by atomic mass is 16.7. The SMILES string of the molecule is CCOC(=O)C(CCCN)(CCCCB1OC(C)(C)C(C)(C)O1)N(C)C(C)=O. The molecular formula is C20H39BN2O5. The lowest BCUT2D eigenvalue weighted by molar-refractivity contribution is -0.163. The highest BCUT2D eigenvalue weighted by Crippen LogP contribution is 2.38. The zero-order valence-electron chi connectivity index (χ0n) is 18.8. The molecule has 0 aromatic rings. The van der Waals surface area contributed by atoms with Crippen LogP contribution in [-0.4, -0.2) is 60.8 Å². The summed E-state index contributed by atoms with van der Waals surface area (Å²) in [5, 5.41) is 0. The predicted molar refractivity (Wildman–Crippen MR) is 111 cm³/mol. The van der Waals surface area contributed by atoms with Crippen molar-refractivity contribution in [1.29, 1.82) is 0 Å². The van der Waals surface area contributed by atoms with Crippen LogP contribution in [0.4, 0.5) is 0 Å². The molecule has 0 aromatic carbocycles. The smallest absolute Gasteiger partial charge is 0.457 e. The molecule has 162 valence electrons. The Kier molecular flexibility index (Phi) is 8.97. The fourth-order valence-corrected chi connectivity index (χ4v) is 3.57. The molecule has 0 bridgehead atoms. The molecular weight excluding hydrogens is 359 g/mol. The second-order valence-electron chi connectivity index (χ2n) is 8.65. The first-order valence-corrected chi connectivity index (χ1v) is 10.4. The largest absolute Gasteiger partial charge is 0.464 e. The first-order valence-electron chi connectivity index (χ1n) is 10.4. The summed E-state index contributed by atoms with van der Waals surface area (Å²) < 4.78 is 17.4. The molecule has 8 heteroatoms. The van der Waals surface area contributed by atoms with Gasteiger partial charge in [0.1, 0.15) is 5.54 Å². The maximum Gasteiger partial charge on any atom is 0.457 e. The molecule has 1 heterocycles. The minimum atomic E-state index is -0.975. The molecule has 1 unspecified atom stereocenters. The van der Waals surface area contributed by atoms with Crippen molar-refractivity contribution < 1.29 is 23.6 Å². The highest BCUT2D eigenvalue weighted by Gasteiger charge is 2.50. The molecule has 1 saturated heterocycles. The van der Waals surface area contributed by atoms with Crippen molar-refractivity contribution in [2.24, 2.45) is 5.73 Å². The molecule has 1 rings (SSSR count). The summed E-state index contributed by atoms with van der Waals surface area (Å²) in [6, 6.07) is 0. The van der Waals surface area contributed by atoms with Crippen molar-refractivity contribution in [1.82, 2.24) is 4.90 Å². The normalized spacial score (nSPS) is 19.9. The van der Waals surface area contributed by atoms with Gasteiger partial charge in [0.15, 0.2) is 0 Å². The molecule has 0 saturated carbocycles. The average molecular weight is 398 g/mol. The van der Waals surface area contributed by atoms with Crippen molar-refractivity contribution in [2.75, 3.05) is 20.2 Å². The van der Waals surface area contributed by atoms with Crippen LogP contribution < -0.4 is 5.73 Å². The molecule has 1 atom stereocenters. The Morgan fingerprint density at radius 1 is 1.07 bits per heavy atom. The van der Waals surface area contributed by atoms with Crippen LogP contribution in [0.5, 0.6) is 0 Å². The number of hydrogen-bond donors (Lipinski definition) is 1. The summed E-state index contributed by atoms with van der Waals surface area (Å²) in [4.78, 5) is 26.4. The van der Waals surface area contributed by atoms with Crippen LogP contribution >= 0.6 is 0 Å². The monoisotopic (exact) mass is 398 g/mol. The molecule has 1 fully saturated rings. The van der Waals surface area contributed by atoms with E-state index in [2.05, 4.69) is 0 Å². The van der Waals surface area contributed by atoms with Crippen molar-refractivity contribution in [3.8, 4) is 0 Å². The number of ether oxygens (including phenoxy) is 1. The number of likely N-dealkylation sites (N-methyl/N-ethyl adjacent to an activating group) is 1. The maximum atomic E-state index is 12.8. The minimum absolute atomic E-state index is 0.156. The van der Waals surface area contributed by atoms with Crippen molar-refractivity contribution >= 4 is 19.0 Å². The lowest BCUT2D eigenvalue weighted by Crippen LogP contribution is -2.55. The van der Waals surface area contributed by atoms with Gasteiger partial charge in [0.2, 0.25) is 5.91 Å². The molecule has 0 aliphatic carbocycles. The summed E-state index contributed by atoms with van der Waals surface area (Å²) in [7, 11) is 1.42. The fourth-order valence-electron chi connectivity index (χ4n) is 3.57. The van der Waals surface area contributed by atoms with Crippen LogP contribution in [0.25, 0.3) is 0 Å². The van der Waals surface area contributed by atoms with E-state index in [1.165, 1.54) is 11.8 Å². The number of nitrogens with zero attached hydrogens (tertiary/aromatic N) is 1. The number of carbonyl (C=O) groups excluding carboxylic acids is 2. The lowest BCUT2D eigenvalue weighted by atomic mass is 9.79. The van der Waals surface area contributed by atoms with Gasteiger partial charge in [-0.3, -0.25) is 4.79 Å². The quantitative estimate of drug-likeness (QED) is 0.327. The summed E-state index contributed by atoms with van der Waals surface area (Å²) in [6.45, 7) is 12.1. The molecule has 1 aliphatic rings. The summed E-state index contributed by atoms with van der Waals surface area (Å²) >= 11 is 0. The van der Waals surface area contributed by atoms with E-state index in [4.69, 9.17) is 19.8 Å². The highest BCUT2D eigenvalue weighted by molar-refractivity contribution is 6.45. The maximum absolute atomic E-state index is 12.8. The van der Waals surface area contributed by atoms with Crippen LogP contribution in [0.2, 0.25) is 6.32 Å². The number of hydrogen-bond acceptors (Lipinski definition) is 6. The van der Waals surface area contributed by atoms with Gasteiger partial charge in [-0.1, -0.05) is 12.8 Å². The molecule has 0 aromatic heterocycles. The fraction of sp³-hybridized carbons (Fsp3) is 0.900. The van der Waals surface area contributed by atoms with E-state index in [1.807, 2.05) is 27.7 Å². The Labute approximate surface area is 170 Å². The number of carbonyl (C=O) groups is 2. The van der Waals surface area contributed by atoms with E-state index in [0.717, 1.165) is 19.2 Å². The van der Waals surface area contributed by atoms with Gasteiger partial charge in [-0.25, -0.2) is 4.79 Å². The first-order chi connectivity index (χ1) is 12.9. The van der Waals surface area contributed by atoms with Crippen molar-refractivity contribution in [2.45, 2.75) is 96.7 Å². The first kappa shape index (κ1) is 24.9. The molecule has 1 aliphatic heterocycles. The zero-order valence-corrected chi connectivity index (χ0v) is 18.8. The number of amides is 1. The van der Waals surface area contributed by atoms with Gasteiger partial charge < -0.3 is 24.7 Å². The van der Waals surface area contributed by atoms with Crippen LogP contribution in [0.1, 0.15) is 73.6 Å². The number of rotatable bonds is 11. The van der Waals surface area contributed by atoms with Gasteiger partial charge in [-0.15, -0.1) is 0 Å². The third-order valence-corrected chi connectivity index (χ3v) is 6.15. The van der Waals surface area contributed by atoms with Gasteiger partial charge in [0.05, 0.1) is 17.8 Å². The van der Waals surface area contributed by atoms with Crippen LogP contribution in [0, 0.1) is 0 Å². The van der Waals surface area contributed by atoms with Gasteiger partial charge in [0.25, 0.3) is 0 Å². The Morgan fingerprint density at radius 3 is 2.07 bits per heavy atom. The van der Waals surface area contributed by atoms with Gasteiger partial charge in [-0.2, -0.15) is 0 Å². The van der Waals surface area contributed by atoms with Gasteiger partial charge in [-0.05, 0) is 66.7 Å². The summed E-state index contributed by atoms with van der Waals surface area (Å²) in [5.74, 6) is -0.507. The number of esters is 1. The van der Waals surface area contributed by atoms with Gasteiger partial charge >= 0.3 is 13.1 Å². The average Bonchev–Trinajstić information content (AvgIpc) is 2.80. The molecule has 7 nitrogen and oxygen atoms in total. The Bertz CT molecular complexity index is 525. The molecule has 28 heavy (non-hydrogen) atoms. The van der Waals surface area contributed by atoms with Gasteiger partial charge in [0, 0.05) is 14.0 Å². The molecule has 2 N–H and O–H groups in total. The van der Waals surface area contributed by atoms with E-state index < -0.39 is 5.54 Å². The lowest BCUT2D eigenvalue weighted by Gasteiger charge is -2.39. The minimum Gasteiger partial charge on any atom is -0.464 e. The van der Waals surface area contributed by atoms with E-state index in [0.29, 0.717) is 25.8 Å². The van der Waals surface area contributed by atoms with E-state index in [-0.39, 0.29) is 36.8 Å². The van der Waals surface area contributed by atoms with E-state index in [9.17, 15) is 9.59 Å². The van der Waals surface area contributed by atoms with Crippen LogP contribution in [0.15, 0.2) is 0 Å². The Morgan fingerprint density at radius 2 is 1.61 bits per heavy atom. The third-order valence-electron chi connectivity index (χ3n) is 6.15. The van der Waals surface area contributed by atoms with Crippen molar-refractivity contribution in [3.63, 3.8) is 0 Å². The second-order valence-corrected chi connectivity index (χ2v) is 8.65. The summed E-state index contributed by atoms with van der Waals surface area (Å²) in [6.07, 6.45) is 3.99. The molecule has 1 amide bonds. The Balaban J connectivity index is 2.78. The van der Waals surface area contributed by atoms with Crippen LogP contribution in [-0.2, 0) is 23.6 Å². The number of unbranched alkanes of at least 4 members (excludes halogenated alkanes) is 1. The number of nitrogens with two attached hydrogens (primary N) is 1. The standard InChI is InChI=1S/C20H39BN2O5/c1-8-26-17(25)20(13-11-15-22,23(7)16(2)24)12-9-10-14-21-27-18(3,4)19(5,6)28-21/h8-15,22H2,1-7H3. The van der Waals surface area contributed by atoms with Crippen molar-refractivity contribution in [3.05, 3.63) is 0 Å². The third kappa shape index (κ3) is 5.70. The molecule has 0 spiro atoms. The molecule has 0 radical (unpaired) electrons. The second kappa shape index (κ2) is 10.1. The van der Waals surface area contributed by atoms with E-state index in [1.54, 1.807) is 14.0 Å². The topological polar surface area (TPSA) is 91.1 Å². The summed E-state index contributed by atoms with van der Waals surface area (Å²) in [5.41, 5.74) is 4.02. The zero-order chi connectivity index (χ0) is 21.6. The predicted octanol–water partition coefficient (Wildman–Crippen LogP) is 2.77. The Hall–Kier alpha value is -1.12. The van der Waals surface area contributed by atoms with E-state index >= 15 is 0 Å². The van der Waals surface area contributed by atoms with Crippen LogP contribution in [0.3, 0.4) is 0 Å².